The third-order valence-electron chi connectivity index (χ3n) is 7.36. The third kappa shape index (κ3) is 7.99. The van der Waals surface area contributed by atoms with Crippen molar-refractivity contribution in [2.75, 3.05) is 0 Å². The lowest BCUT2D eigenvalue weighted by atomic mass is 10.0. The van der Waals surface area contributed by atoms with Crippen LogP contribution in [0.3, 0.4) is 0 Å². The predicted octanol–water partition coefficient (Wildman–Crippen LogP) is 2.84. The van der Waals surface area contributed by atoms with E-state index in [1.165, 1.54) is 13.8 Å². The van der Waals surface area contributed by atoms with Gasteiger partial charge >= 0.3 is 24.2 Å². The van der Waals surface area contributed by atoms with Crippen molar-refractivity contribution in [2.45, 2.75) is 89.6 Å². The van der Waals surface area contributed by atoms with Gasteiger partial charge in [0.2, 0.25) is 5.91 Å². The maximum atomic E-state index is 14.1. The number of hydrogen-bond acceptors (Lipinski definition) is 10. The van der Waals surface area contributed by atoms with Crippen LogP contribution in [0.1, 0.15) is 45.7 Å². The molecule has 0 unspecified atom stereocenters. The van der Waals surface area contributed by atoms with Crippen molar-refractivity contribution in [2.24, 2.45) is 0 Å². The standard InChI is InChI=1S/C32H38N4O10/c1-18-24(28(39)40)35(30(42)44-18)26(37)22(16-20-12-8-6-9-13-20)33-25-19(2)45-31(43)36(25)27(38)23(17-21-14-10-7-11-15-21)34-29(41)46-32(3,4)5/h6-15,18-19,22-25,33H,16-17H2,1-5H3,(H,34,41)(H,39,40)/t18-,19-,22-,23-,24+,25+/m0/s1. The zero-order valence-electron chi connectivity index (χ0n) is 26.2. The van der Waals surface area contributed by atoms with E-state index in [0.29, 0.717) is 16.0 Å². The van der Waals surface area contributed by atoms with Gasteiger partial charge in [-0.2, -0.15) is 0 Å². The Morgan fingerprint density at radius 2 is 1.28 bits per heavy atom. The van der Waals surface area contributed by atoms with Gasteiger partial charge in [-0.25, -0.2) is 29.0 Å². The SMILES string of the molecule is C[C@@H]1OC(=O)N(C(=O)[C@H](Cc2ccccc2)NC(=O)OC(C)(C)C)[C@H]1N[C@@H](Cc1ccccc1)C(=O)N1C(=O)O[C@@H](C)[C@@H]1C(=O)O. The van der Waals surface area contributed by atoms with Crippen LogP contribution in [-0.2, 0) is 41.4 Å². The first kappa shape index (κ1) is 33.9. The molecule has 0 aliphatic carbocycles. The normalized spacial score (nSPS) is 22.5. The first-order valence-corrected chi connectivity index (χ1v) is 14.8. The molecule has 0 saturated carbocycles. The summed E-state index contributed by atoms with van der Waals surface area (Å²) in [6.45, 7) is 7.86. The number of cyclic esters (lactones) is 2. The number of imide groups is 2. The number of benzene rings is 2. The van der Waals surface area contributed by atoms with Crippen molar-refractivity contribution in [3.05, 3.63) is 71.8 Å². The number of rotatable bonds is 10. The molecule has 2 aromatic carbocycles. The number of carbonyl (C=O) groups is 6. The molecule has 3 N–H and O–H groups in total. The number of carboxylic acid groups (broad SMARTS) is 1. The number of amides is 5. The van der Waals surface area contributed by atoms with Crippen molar-refractivity contribution in [1.82, 2.24) is 20.4 Å². The summed E-state index contributed by atoms with van der Waals surface area (Å²) in [4.78, 5) is 80.0. The molecule has 0 spiro atoms. The van der Waals surface area contributed by atoms with Gasteiger partial charge in [0.25, 0.3) is 5.91 Å². The Morgan fingerprint density at radius 1 is 0.804 bits per heavy atom. The average molecular weight is 639 g/mol. The molecule has 0 radical (unpaired) electrons. The molecule has 246 valence electrons. The van der Waals surface area contributed by atoms with E-state index in [4.69, 9.17) is 14.2 Å². The highest BCUT2D eigenvalue weighted by atomic mass is 16.6. The molecule has 14 nitrogen and oxygen atoms in total. The van der Waals surface area contributed by atoms with E-state index in [9.17, 15) is 33.9 Å². The molecule has 2 aliphatic heterocycles. The highest BCUT2D eigenvalue weighted by Crippen LogP contribution is 2.25. The van der Waals surface area contributed by atoms with E-state index in [1.54, 1.807) is 81.4 Å². The number of ether oxygens (including phenoxy) is 3. The van der Waals surface area contributed by atoms with Gasteiger partial charge in [0.15, 0.2) is 6.04 Å². The van der Waals surface area contributed by atoms with Crippen molar-refractivity contribution < 1.29 is 48.1 Å². The lowest BCUT2D eigenvalue weighted by molar-refractivity contribution is -0.148. The fourth-order valence-electron chi connectivity index (χ4n) is 5.29. The zero-order valence-corrected chi connectivity index (χ0v) is 26.2. The van der Waals surface area contributed by atoms with Gasteiger partial charge in [-0.05, 0) is 52.2 Å². The molecule has 0 bridgehead atoms. The number of hydrogen-bond donors (Lipinski definition) is 3. The van der Waals surface area contributed by atoms with E-state index < -0.39 is 78.2 Å². The molecule has 2 fully saturated rings. The Kier molecular flexibility index (Phi) is 10.3. The summed E-state index contributed by atoms with van der Waals surface area (Å²) in [5, 5.41) is 15.3. The van der Waals surface area contributed by atoms with Gasteiger partial charge in [-0.15, -0.1) is 0 Å². The molecule has 0 aromatic heterocycles. The van der Waals surface area contributed by atoms with Crippen molar-refractivity contribution in [1.29, 1.82) is 0 Å². The fourth-order valence-corrected chi connectivity index (χ4v) is 5.29. The van der Waals surface area contributed by atoms with Gasteiger partial charge in [0.1, 0.15) is 30.0 Å². The second-order valence-corrected chi connectivity index (χ2v) is 12.1. The number of nitrogens with zero attached hydrogens (tertiary/aromatic N) is 2. The molecular weight excluding hydrogens is 600 g/mol. The zero-order chi connectivity index (χ0) is 33.8. The number of carboxylic acids is 1. The van der Waals surface area contributed by atoms with Gasteiger partial charge in [-0.1, -0.05) is 60.7 Å². The van der Waals surface area contributed by atoms with Crippen LogP contribution in [-0.4, -0.2) is 93.1 Å². The monoisotopic (exact) mass is 638 g/mol. The van der Waals surface area contributed by atoms with E-state index >= 15 is 0 Å². The molecule has 2 saturated heterocycles. The minimum Gasteiger partial charge on any atom is -0.480 e. The molecular formula is C32H38N4O10. The number of alkyl carbamates (subject to hydrolysis) is 1. The van der Waals surface area contributed by atoms with E-state index in [2.05, 4.69) is 10.6 Å². The Hall–Kier alpha value is -4.98. The minimum absolute atomic E-state index is 0.00598. The largest absolute Gasteiger partial charge is 0.480 e. The van der Waals surface area contributed by atoms with Gasteiger partial charge in [-0.3, -0.25) is 14.9 Å². The van der Waals surface area contributed by atoms with Crippen molar-refractivity contribution >= 4 is 36.1 Å². The van der Waals surface area contributed by atoms with Crippen LogP contribution in [0.4, 0.5) is 14.4 Å². The maximum absolute atomic E-state index is 14.1. The van der Waals surface area contributed by atoms with Crippen LogP contribution < -0.4 is 10.6 Å². The Morgan fingerprint density at radius 3 is 1.80 bits per heavy atom. The average Bonchev–Trinajstić information content (AvgIpc) is 3.44. The van der Waals surface area contributed by atoms with Crippen molar-refractivity contribution in [3.8, 4) is 0 Å². The van der Waals surface area contributed by atoms with Gasteiger partial charge < -0.3 is 24.6 Å². The molecule has 46 heavy (non-hydrogen) atoms. The number of carbonyl (C=O) groups excluding carboxylic acids is 5. The smallest absolute Gasteiger partial charge is 0.418 e. The Labute approximate surface area is 265 Å². The number of nitrogens with one attached hydrogen (secondary N) is 2. The predicted molar refractivity (Wildman–Crippen MR) is 161 cm³/mol. The van der Waals surface area contributed by atoms with Gasteiger partial charge in [0, 0.05) is 6.42 Å². The minimum atomic E-state index is -1.59. The molecule has 2 heterocycles. The van der Waals surface area contributed by atoms with E-state index in [1.807, 2.05) is 0 Å². The summed E-state index contributed by atoms with van der Waals surface area (Å²) in [6.07, 6.45) is -6.45. The van der Waals surface area contributed by atoms with Crippen LogP contribution in [0.15, 0.2) is 60.7 Å². The lowest BCUT2D eigenvalue weighted by Gasteiger charge is -2.32. The number of aliphatic carboxylic acids is 1. The molecule has 6 atom stereocenters. The summed E-state index contributed by atoms with van der Waals surface area (Å²) in [5.41, 5.74) is 0.452. The third-order valence-corrected chi connectivity index (χ3v) is 7.36. The second-order valence-electron chi connectivity index (χ2n) is 12.1. The van der Waals surface area contributed by atoms with Crippen LogP contribution in [0, 0.1) is 0 Å². The molecule has 14 heteroatoms. The quantitative estimate of drug-likeness (QED) is 0.326. The summed E-state index contributed by atoms with van der Waals surface area (Å²) in [7, 11) is 0. The maximum Gasteiger partial charge on any atom is 0.418 e. The first-order chi connectivity index (χ1) is 21.7. The summed E-state index contributed by atoms with van der Waals surface area (Å²) < 4.78 is 15.8. The summed E-state index contributed by atoms with van der Waals surface area (Å²) in [6, 6.07) is 13.3. The Bertz CT molecular complexity index is 1460. The molecule has 2 aliphatic rings. The molecule has 5 amide bonds. The molecule has 2 aromatic rings. The van der Waals surface area contributed by atoms with E-state index in [0.717, 1.165) is 4.90 Å². The highest BCUT2D eigenvalue weighted by molar-refractivity contribution is 6.01. The Balaban J connectivity index is 1.67. The molecule has 4 rings (SSSR count). The lowest BCUT2D eigenvalue weighted by Crippen LogP contribution is -2.62. The van der Waals surface area contributed by atoms with Crippen LogP contribution >= 0.6 is 0 Å². The van der Waals surface area contributed by atoms with Gasteiger partial charge in [0.05, 0.1) is 6.04 Å². The van der Waals surface area contributed by atoms with Crippen LogP contribution in [0.2, 0.25) is 0 Å². The fraction of sp³-hybridized carbons (Fsp3) is 0.438. The second kappa shape index (κ2) is 14.0. The summed E-state index contributed by atoms with van der Waals surface area (Å²) in [5.74, 6) is -3.21. The van der Waals surface area contributed by atoms with E-state index in [-0.39, 0.29) is 12.8 Å². The van der Waals surface area contributed by atoms with Crippen LogP contribution in [0.25, 0.3) is 0 Å². The topological polar surface area (TPSA) is 181 Å². The van der Waals surface area contributed by atoms with Crippen LogP contribution in [0.5, 0.6) is 0 Å². The van der Waals surface area contributed by atoms with Crippen molar-refractivity contribution in [3.63, 3.8) is 0 Å². The first-order valence-electron chi connectivity index (χ1n) is 14.8. The summed E-state index contributed by atoms with van der Waals surface area (Å²) >= 11 is 0. The highest BCUT2D eigenvalue weighted by Gasteiger charge is 2.52.